The zero-order chi connectivity index (χ0) is 19.4. The molecule has 27 heavy (non-hydrogen) atoms. The Kier molecular flexibility index (Phi) is 6.23. The number of nitrogens with zero attached hydrogens (tertiary/aromatic N) is 2. The van der Waals surface area contributed by atoms with Crippen molar-refractivity contribution in [3.8, 4) is 0 Å². The van der Waals surface area contributed by atoms with Crippen molar-refractivity contribution < 1.29 is 14.4 Å². The predicted octanol–water partition coefficient (Wildman–Crippen LogP) is 1.01. The van der Waals surface area contributed by atoms with Gasteiger partial charge in [0.2, 0.25) is 11.8 Å². The first-order valence-electron chi connectivity index (χ1n) is 9.72. The fourth-order valence-electron chi connectivity index (χ4n) is 3.89. The van der Waals surface area contributed by atoms with Crippen LogP contribution in [0.2, 0.25) is 0 Å². The Balaban J connectivity index is 1.71. The number of fused-ring (bicyclic) bond motifs is 1. The van der Waals surface area contributed by atoms with E-state index in [1.165, 1.54) is 0 Å². The van der Waals surface area contributed by atoms with E-state index in [1.54, 1.807) is 4.90 Å². The van der Waals surface area contributed by atoms with E-state index in [-0.39, 0.29) is 24.1 Å². The van der Waals surface area contributed by atoms with Gasteiger partial charge < -0.3 is 10.6 Å². The smallest absolute Gasteiger partial charge is 0.255 e. The van der Waals surface area contributed by atoms with E-state index in [0.29, 0.717) is 25.1 Å². The van der Waals surface area contributed by atoms with Crippen LogP contribution in [0.15, 0.2) is 18.2 Å². The molecular weight excluding hydrogens is 344 g/mol. The first-order valence-corrected chi connectivity index (χ1v) is 9.72. The predicted molar refractivity (Wildman–Crippen MR) is 102 cm³/mol. The van der Waals surface area contributed by atoms with Gasteiger partial charge in [-0.1, -0.05) is 19.1 Å². The van der Waals surface area contributed by atoms with Crippen LogP contribution in [0.1, 0.15) is 54.1 Å². The Labute approximate surface area is 159 Å². The fourth-order valence-corrected chi connectivity index (χ4v) is 3.89. The number of piperidine rings is 1. The molecule has 3 amide bonds. The summed E-state index contributed by atoms with van der Waals surface area (Å²) < 4.78 is 0. The molecule has 0 spiro atoms. The Morgan fingerprint density at radius 2 is 2.07 bits per heavy atom. The summed E-state index contributed by atoms with van der Waals surface area (Å²) in [7, 11) is 0. The molecule has 3 N–H and O–H groups in total. The van der Waals surface area contributed by atoms with Crippen molar-refractivity contribution >= 4 is 17.7 Å². The highest BCUT2D eigenvalue weighted by molar-refractivity contribution is 6.05. The molecule has 1 unspecified atom stereocenters. The molecule has 2 aliphatic rings. The van der Waals surface area contributed by atoms with Gasteiger partial charge in [0.05, 0.1) is 0 Å². The Morgan fingerprint density at radius 3 is 2.78 bits per heavy atom. The first-order chi connectivity index (χ1) is 13.0. The molecule has 1 aromatic rings. The van der Waals surface area contributed by atoms with Crippen molar-refractivity contribution in [2.45, 2.75) is 51.7 Å². The van der Waals surface area contributed by atoms with Crippen molar-refractivity contribution in [1.82, 2.24) is 15.1 Å². The van der Waals surface area contributed by atoms with Gasteiger partial charge in [-0.3, -0.25) is 24.6 Å². The van der Waals surface area contributed by atoms with Crippen LogP contribution in [0.5, 0.6) is 0 Å². The van der Waals surface area contributed by atoms with Crippen LogP contribution >= 0.6 is 0 Å². The van der Waals surface area contributed by atoms with E-state index in [1.807, 2.05) is 12.1 Å². The normalized spacial score (nSPS) is 19.6. The third-order valence-electron chi connectivity index (χ3n) is 5.21. The number of carbonyl (C=O) groups excluding carboxylic acids is 3. The molecule has 1 aromatic carbocycles. The van der Waals surface area contributed by atoms with Gasteiger partial charge in [-0.15, -0.1) is 0 Å². The van der Waals surface area contributed by atoms with Crippen LogP contribution in [-0.2, 0) is 22.7 Å². The van der Waals surface area contributed by atoms with Crippen LogP contribution in [0.4, 0.5) is 0 Å². The van der Waals surface area contributed by atoms with Crippen molar-refractivity contribution in [3.63, 3.8) is 0 Å². The summed E-state index contributed by atoms with van der Waals surface area (Å²) in [5.74, 6) is -0.765. The summed E-state index contributed by atoms with van der Waals surface area (Å²) in [5.41, 5.74) is 8.42. The summed E-state index contributed by atoms with van der Waals surface area (Å²) >= 11 is 0. The lowest BCUT2D eigenvalue weighted by molar-refractivity contribution is -0.136. The Bertz CT molecular complexity index is 734. The number of hydrogen-bond acceptors (Lipinski definition) is 5. The molecule has 1 fully saturated rings. The van der Waals surface area contributed by atoms with Gasteiger partial charge in [0, 0.05) is 25.1 Å². The third kappa shape index (κ3) is 4.36. The molecule has 2 heterocycles. The fraction of sp³-hybridized carbons (Fsp3) is 0.550. The zero-order valence-corrected chi connectivity index (χ0v) is 15.9. The second-order valence-corrected chi connectivity index (χ2v) is 7.31. The van der Waals surface area contributed by atoms with E-state index in [2.05, 4.69) is 23.2 Å². The van der Waals surface area contributed by atoms with E-state index < -0.39 is 6.04 Å². The monoisotopic (exact) mass is 372 g/mol. The van der Waals surface area contributed by atoms with E-state index >= 15 is 0 Å². The minimum atomic E-state index is -0.563. The molecule has 0 bridgehead atoms. The minimum absolute atomic E-state index is 0.125. The summed E-state index contributed by atoms with van der Waals surface area (Å²) in [6.07, 6.45) is 2.71. The van der Waals surface area contributed by atoms with Gasteiger partial charge >= 0.3 is 0 Å². The molecule has 2 aliphatic heterocycles. The molecule has 0 saturated carbocycles. The second-order valence-electron chi connectivity index (χ2n) is 7.31. The summed E-state index contributed by atoms with van der Waals surface area (Å²) in [4.78, 5) is 40.2. The van der Waals surface area contributed by atoms with Gasteiger partial charge in [-0.05, 0) is 56.1 Å². The number of carbonyl (C=O) groups is 3. The first kappa shape index (κ1) is 19.5. The largest absolute Gasteiger partial charge is 0.330 e. The van der Waals surface area contributed by atoms with Crippen molar-refractivity contribution in [1.29, 1.82) is 0 Å². The maximum absolute atomic E-state index is 12.7. The lowest BCUT2D eigenvalue weighted by Crippen LogP contribution is -2.52. The van der Waals surface area contributed by atoms with Crippen LogP contribution in [0.3, 0.4) is 0 Å². The molecule has 0 radical (unpaired) electrons. The SMILES string of the molecule is CCCN(CCCN)Cc1ccc2c(c1)CN(C1CCC(=O)NC1=O)C2=O. The van der Waals surface area contributed by atoms with Gasteiger partial charge in [0.25, 0.3) is 5.91 Å². The van der Waals surface area contributed by atoms with Gasteiger partial charge in [-0.2, -0.15) is 0 Å². The van der Waals surface area contributed by atoms with E-state index in [4.69, 9.17) is 5.73 Å². The number of amides is 3. The molecule has 3 rings (SSSR count). The van der Waals surface area contributed by atoms with Gasteiger partial charge in [0.1, 0.15) is 6.04 Å². The number of imide groups is 1. The van der Waals surface area contributed by atoms with E-state index in [9.17, 15) is 14.4 Å². The quantitative estimate of drug-likeness (QED) is 0.664. The van der Waals surface area contributed by atoms with E-state index in [0.717, 1.165) is 43.6 Å². The maximum atomic E-state index is 12.7. The van der Waals surface area contributed by atoms with Crippen LogP contribution in [-0.4, -0.2) is 53.2 Å². The number of rotatable bonds is 8. The van der Waals surface area contributed by atoms with Gasteiger partial charge in [-0.25, -0.2) is 0 Å². The molecular formula is C20H28N4O3. The summed E-state index contributed by atoms with van der Waals surface area (Å²) in [5, 5.41) is 2.34. The highest BCUT2D eigenvalue weighted by Gasteiger charge is 2.39. The maximum Gasteiger partial charge on any atom is 0.255 e. The molecule has 7 heteroatoms. The Hall–Kier alpha value is -2.25. The third-order valence-corrected chi connectivity index (χ3v) is 5.21. The van der Waals surface area contributed by atoms with Crippen LogP contribution in [0.25, 0.3) is 0 Å². The van der Waals surface area contributed by atoms with Crippen molar-refractivity contribution in [2.24, 2.45) is 5.73 Å². The lowest BCUT2D eigenvalue weighted by Gasteiger charge is -2.29. The average molecular weight is 372 g/mol. The standard InChI is InChI=1S/C20H28N4O3/c1-2-9-23(10-3-8-21)12-14-4-5-16-15(11-14)13-24(20(16)27)17-6-7-18(25)22-19(17)26/h4-5,11,17H,2-3,6-10,12-13,21H2,1H3,(H,22,25,26). The van der Waals surface area contributed by atoms with Crippen molar-refractivity contribution in [3.05, 3.63) is 34.9 Å². The number of nitrogens with two attached hydrogens (primary N) is 1. The highest BCUT2D eigenvalue weighted by Crippen LogP contribution is 2.28. The Morgan fingerprint density at radius 1 is 1.26 bits per heavy atom. The molecule has 7 nitrogen and oxygen atoms in total. The van der Waals surface area contributed by atoms with Crippen molar-refractivity contribution in [2.75, 3.05) is 19.6 Å². The van der Waals surface area contributed by atoms with Crippen LogP contribution < -0.4 is 11.1 Å². The minimum Gasteiger partial charge on any atom is -0.330 e. The summed E-state index contributed by atoms with van der Waals surface area (Å²) in [6.45, 7) is 6.06. The zero-order valence-electron chi connectivity index (χ0n) is 15.9. The number of hydrogen-bond donors (Lipinski definition) is 2. The topological polar surface area (TPSA) is 95.7 Å². The summed E-state index contributed by atoms with van der Waals surface area (Å²) in [6, 6.07) is 5.37. The number of nitrogens with one attached hydrogen (secondary N) is 1. The molecule has 1 atom stereocenters. The lowest BCUT2D eigenvalue weighted by atomic mass is 10.0. The number of benzene rings is 1. The van der Waals surface area contributed by atoms with Crippen LogP contribution in [0, 0.1) is 0 Å². The van der Waals surface area contributed by atoms with Gasteiger partial charge in [0.15, 0.2) is 0 Å². The molecule has 146 valence electrons. The second kappa shape index (κ2) is 8.63. The highest BCUT2D eigenvalue weighted by atomic mass is 16.2. The average Bonchev–Trinajstić information content (AvgIpc) is 2.96. The molecule has 1 saturated heterocycles. The molecule has 0 aliphatic carbocycles. The molecule has 0 aromatic heterocycles.